The maximum Gasteiger partial charge on any atom is 0.336 e. The molecule has 0 atom stereocenters. The normalized spacial score (nSPS) is 16.3. The van der Waals surface area contributed by atoms with Crippen molar-refractivity contribution in [2.75, 3.05) is 11.5 Å². The number of amides is 4. The van der Waals surface area contributed by atoms with Gasteiger partial charge >= 0.3 is 6.03 Å². The van der Waals surface area contributed by atoms with E-state index in [1.165, 1.54) is 6.08 Å². The van der Waals surface area contributed by atoms with Crippen LogP contribution in [0.2, 0.25) is 0 Å². The van der Waals surface area contributed by atoms with E-state index >= 15 is 0 Å². The first kappa shape index (κ1) is 16.5. The smallest absolute Gasteiger partial charge is 0.336 e. The number of anilines is 1. The SMILES string of the molecule is CCOc1ccccc1N1C(=O)NC(=O)/C(=C\c2ccc(C)o2)C1=O. The highest BCUT2D eigenvalue weighted by molar-refractivity contribution is 6.39. The third-order valence-corrected chi connectivity index (χ3v) is 3.56. The molecule has 0 spiro atoms. The fraction of sp³-hybridized carbons (Fsp3) is 0.167. The van der Waals surface area contributed by atoms with Crippen LogP contribution in [-0.4, -0.2) is 24.5 Å². The Balaban J connectivity index is 2.03. The monoisotopic (exact) mass is 340 g/mol. The predicted octanol–water partition coefficient (Wildman–Crippen LogP) is 2.65. The van der Waals surface area contributed by atoms with Crippen molar-refractivity contribution in [1.29, 1.82) is 0 Å². The van der Waals surface area contributed by atoms with Gasteiger partial charge < -0.3 is 9.15 Å². The molecule has 1 saturated heterocycles. The van der Waals surface area contributed by atoms with E-state index in [9.17, 15) is 14.4 Å². The van der Waals surface area contributed by atoms with E-state index in [4.69, 9.17) is 9.15 Å². The molecule has 7 nitrogen and oxygen atoms in total. The van der Waals surface area contributed by atoms with Crippen molar-refractivity contribution in [2.45, 2.75) is 13.8 Å². The quantitative estimate of drug-likeness (QED) is 0.683. The van der Waals surface area contributed by atoms with Crippen molar-refractivity contribution in [1.82, 2.24) is 5.32 Å². The predicted molar refractivity (Wildman–Crippen MR) is 90.1 cm³/mol. The second kappa shape index (κ2) is 6.64. The van der Waals surface area contributed by atoms with Crippen molar-refractivity contribution in [3.8, 4) is 5.75 Å². The van der Waals surface area contributed by atoms with Gasteiger partial charge in [0.2, 0.25) is 0 Å². The lowest BCUT2D eigenvalue weighted by Crippen LogP contribution is -2.54. The Bertz CT molecular complexity index is 881. The molecular formula is C18H16N2O5. The number of imide groups is 2. The van der Waals surface area contributed by atoms with E-state index in [0.29, 0.717) is 23.9 Å². The number of benzene rings is 1. The summed E-state index contributed by atoms with van der Waals surface area (Å²) in [5, 5.41) is 2.17. The fourth-order valence-electron chi connectivity index (χ4n) is 2.47. The molecule has 0 bridgehead atoms. The molecule has 0 unspecified atom stereocenters. The van der Waals surface area contributed by atoms with Crippen LogP contribution in [0.15, 0.2) is 46.4 Å². The molecule has 128 valence electrons. The molecule has 4 amide bonds. The van der Waals surface area contributed by atoms with Crippen LogP contribution in [0.4, 0.5) is 10.5 Å². The number of ether oxygens (including phenoxy) is 1. The summed E-state index contributed by atoms with van der Waals surface area (Å²) < 4.78 is 10.9. The first-order valence-electron chi connectivity index (χ1n) is 7.71. The minimum absolute atomic E-state index is 0.194. The summed E-state index contributed by atoms with van der Waals surface area (Å²) in [5.74, 6) is -0.145. The zero-order valence-corrected chi connectivity index (χ0v) is 13.7. The zero-order valence-electron chi connectivity index (χ0n) is 13.7. The number of carbonyl (C=O) groups excluding carboxylic acids is 3. The molecular weight excluding hydrogens is 324 g/mol. The van der Waals surface area contributed by atoms with Gasteiger partial charge in [0.25, 0.3) is 11.8 Å². The summed E-state index contributed by atoms with van der Waals surface area (Å²) in [6.45, 7) is 3.91. The Hall–Kier alpha value is -3.35. The molecule has 1 aliphatic rings. The standard InChI is InChI=1S/C18H16N2O5/c1-3-24-15-7-5-4-6-14(15)20-17(22)13(16(21)19-18(20)23)10-12-9-8-11(2)25-12/h4-10H,3H2,1-2H3,(H,19,21,23)/b13-10+. The molecule has 0 radical (unpaired) electrons. The van der Waals surface area contributed by atoms with Gasteiger partial charge in [-0.05, 0) is 44.2 Å². The zero-order chi connectivity index (χ0) is 18.0. The molecule has 0 saturated carbocycles. The number of carbonyl (C=O) groups is 3. The minimum atomic E-state index is -0.824. The van der Waals surface area contributed by atoms with Crippen LogP contribution < -0.4 is 15.0 Å². The second-order valence-corrected chi connectivity index (χ2v) is 5.31. The van der Waals surface area contributed by atoms with Crippen LogP contribution in [0.25, 0.3) is 6.08 Å². The Morgan fingerprint density at radius 2 is 1.92 bits per heavy atom. The van der Waals surface area contributed by atoms with Crippen LogP contribution in [0, 0.1) is 6.92 Å². The first-order valence-corrected chi connectivity index (χ1v) is 7.71. The van der Waals surface area contributed by atoms with Crippen molar-refractivity contribution in [3.63, 3.8) is 0 Å². The number of aryl methyl sites for hydroxylation is 1. The van der Waals surface area contributed by atoms with Gasteiger partial charge in [-0.3, -0.25) is 14.9 Å². The average Bonchev–Trinajstić information content (AvgIpc) is 2.98. The number of urea groups is 1. The van der Waals surface area contributed by atoms with E-state index in [1.54, 1.807) is 50.2 Å². The summed E-state index contributed by atoms with van der Waals surface area (Å²) in [4.78, 5) is 38.0. The van der Waals surface area contributed by atoms with Crippen molar-refractivity contribution < 1.29 is 23.5 Å². The largest absolute Gasteiger partial charge is 0.492 e. The molecule has 25 heavy (non-hydrogen) atoms. The number of furan rings is 1. The Kier molecular flexibility index (Phi) is 4.38. The Morgan fingerprint density at radius 3 is 2.60 bits per heavy atom. The van der Waals surface area contributed by atoms with Gasteiger partial charge in [0.1, 0.15) is 22.8 Å². The summed E-state index contributed by atoms with van der Waals surface area (Å²) in [5.41, 5.74) is 0.0705. The van der Waals surface area contributed by atoms with Gasteiger partial charge in [-0.25, -0.2) is 9.69 Å². The molecule has 7 heteroatoms. The topological polar surface area (TPSA) is 88.8 Å². The molecule has 3 rings (SSSR count). The summed E-state index contributed by atoms with van der Waals surface area (Å²) >= 11 is 0. The molecule has 1 fully saturated rings. The van der Waals surface area contributed by atoms with Crippen LogP contribution >= 0.6 is 0 Å². The van der Waals surface area contributed by atoms with E-state index in [2.05, 4.69) is 5.32 Å². The van der Waals surface area contributed by atoms with Gasteiger partial charge in [0.05, 0.1) is 12.3 Å². The Morgan fingerprint density at radius 1 is 1.16 bits per heavy atom. The number of hydrogen-bond donors (Lipinski definition) is 1. The summed E-state index contributed by atoms with van der Waals surface area (Å²) in [7, 11) is 0. The maximum atomic E-state index is 12.8. The van der Waals surface area contributed by atoms with E-state index in [1.807, 2.05) is 0 Å². The van der Waals surface area contributed by atoms with E-state index < -0.39 is 17.8 Å². The van der Waals surface area contributed by atoms with Crippen LogP contribution in [-0.2, 0) is 9.59 Å². The number of barbiturate groups is 1. The molecule has 1 N–H and O–H groups in total. The lowest BCUT2D eigenvalue weighted by Gasteiger charge is -2.27. The van der Waals surface area contributed by atoms with Crippen molar-refractivity contribution >= 4 is 29.6 Å². The number of hydrogen-bond acceptors (Lipinski definition) is 5. The lowest BCUT2D eigenvalue weighted by molar-refractivity contribution is -0.122. The fourth-order valence-corrected chi connectivity index (χ4v) is 2.47. The highest BCUT2D eigenvalue weighted by Crippen LogP contribution is 2.31. The van der Waals surface area contributed by atoms with Gasteiger partial charge in [-0.15, -0.1) is 0 Å². The molecule has 2 aromatic rings. The third-order valence-electron chi connectivity index (χ3n) is 3.56. The van der Waals surface area contributed by atoms with E-state index in [0.717, 1.165) is 4.90 Å². The molecule has 1 aromatic carbocycles. The van der Waals surface area contributed by atoms with Crippen LogP contribution in [0.1, 0.15) is 18.4 Å². The minimum Gasteiger partial charge on any atom is -0.492 e. The molecule has 1 aromatic heterocycles. The molecule has 1 aliphatic heterocycles. The van der Waals surface area contributed by atoms with E-state index in [-0.39, 0.29) is 11.3 Å². The van der Waals surface area contributed by atoms with Crippen LogP contribution in [0.3, 0.4) is 0 Å². The van der Waals surface area contributed by atoms with Gasteiger partial charge in [0, 0.05) is 0 Å². The van der Waals surface area contributed by atoms with Crippen LogP contribution in [0.5, 0.6) is 5.75 Å². The lowest BCUT2D eigenvalue weighted by atomic mass is 10.1. The highest BCUT2D eigenvalue weighted by Gasteiger charge is 2.38. The van der Waals surface area contributed by atoms with Gasteiger partial charge in [-0.2, -0.15) is 0 Å². The number of nitrogens with one attached hydrogen (secondary N) is 1. The van der Waals surface area contributed by atoms with Crippen molar-refractivity contribution in [2.24, 2.45) is 0 Å². The van der Waals surface area contributed by atoms with Crippen molar-refractivity contribution in [3.05, 3.63) is 53.5 Å². The van der Waals surface area contributed by atoms with Gasteiger partial charge in [0.15, 0.2) is 0 Å². The number of para-hydroxylation sites is 2. The second-order valence-electron chi connectivity index (χ2n) is 5.31. The molecule has 2 heterocycles. The first-order chi connectivity index (χ1) is 12.0. The number of nitrogens with zero attached hydrogens (tertiary/aromatic N) is 1. The highest BCUT2D eigenvalue weighted by atomic mass is 16.5. The third kappa shape index (κ3) is 3.16. The number of rotatable bonds is 4. The Labute approximate surface area is 143 Å². The average molecular weight is 340 g/mol. The molecule has 0 aliphatic carbocycles. The summed E-state index contributed by atoms with van der Waals surface area (Å²) in [6.07, 6.45) is 1.31. The summed E-state index contributed by atoms with van der Waals surface area (Å²) in [6, 6.07) is 9.16. The maximum absolute atomic E-state index is 12.8. The van der Waals surface area contributed by atoms with Gasteiger partial charge in [-0.1, -0.05) is 12.1 Å².